The topological polar surface area (TPSA) is 25.8 Å². The Morgan fingerprint density at radius 3 is 1.51 bits per heavy atom. The Balaban J connectivity index is 0.000000330. The Hall–Kier alpha value is -1.40. The van der Waals surface area contributed by atoms with Crippen molar-refractivity contribution in [3.8, 4) is 0 Å². The maximum absolute atomic E-state index is 4.95. The minimum Gasteiger partial charge on any atom is -0.747 e. The zero-order valence-corrected chi connectivity index (χ0v) is 35.1. The molecule has 276 valence electrons. The van der Waals surface area contributed by atoms with Crippen LogP contribution in [0.5, 0.6) is 0 Å². The van der Waals surface area contributed by atoms with Gasteiger partial charge in [0.1, 0.15) is 0 Å². The van der Waals surface area contributed by atoms with Crippen LogP contribution in [0.4, 0.5) is 0 Å². The number of hydrogen-bond acceptors (Lipinski definition) is 2. The monoisotopic (exact) mass is 772 g/mol. The molecule has 12 rings (SSSR count). The SMILES string of the molecule is C[Si](C)(C)[c-]1cccc1.PC(c1ccccn1)(c1ccccn1)[c-]1[cH-][cH-][cH-][c-]1CP(C1C2CC3CC(C2)CC1C3)C1C2CC3CC(C2)CC1C3.[Fe]. The van der Waals surface area contributed by atoms with E-state index in [1.54, 1.807) is 75.0 Å². The fourth-order valence-electron chi connectivity index (χ4n) is 12.9. The Labute approximate surface area is 323 Å². The minimum atomic E-state index is -0.981. The van der Waals surface area contributed by atoms with Gasteiger partial charge in [-0.15, -0.1) is 7.92 Å². The molecule has 8 aliphatic rings. The smallest absolute Gasteiger partial charge is 0.0270 e. The van der Waals surface area contributed by atoms with Crippen molar-refractivity contribution in [2.45, 2.75) is 106 Å². The summed E-state index contributed by atoms with van der Waals surface area (Å²) in [7, 11) is 2.21. The van der Waals surface area contributed by atoms with E-state index >= 15 is 0 Å². The van der Waals surface area contributed by atoms with Crippen LogP contribution in [0.1, 0.15) is 86.7 Å². The quantitative estimate of drug-likeness (QED) is 0.101. The average Bonchev–Trinajstić information content (AvgIpc) is 3.82. The van der Waals surface area contributed by atoms with Gasteiger partial charge in [-0.25, -0.2) is 12.1 Å². The summed E-state index contributed by atoms with van der Waals surface area (Å²) >= 11 is 0. The van der Waals surface area contributed by atoms with E-state index in [-0.39, 0.29) is 25.0 Å². The largest absolute Gasteiger partial charge is 0.747 e. The van der Waals surface area contributed by atoms with Crippen LogP contribution in [0.15, 0.2) is 91.3 Å². The molecule has 2 aromatic heterocycles. The van der Waals surface area contributed by atoms with Crippen LogP contribution in [-0.4, -0.2) is 29.4 Å². The van der Waals surface area contributed by atoms with E-state index in [1.165, 1.54) is 11.7 Å². The predicted octanol–water partition coefficient (Wildman–Crippen LogP) is 10.9. The fraction of sp³-hybridized carbons (Fsp3) is 0.556. The van der Waals surface area contributed by atoms with E-state index in [0.717, 1.165) is 70.0 Å². The van der Waals surface area contributed by atoms with Gasteiger partial charge in [-0.3, -0.25) is 9.97 Å². The van der Waals surface area contributed by atoms with Crippen molar-refractivity contribution < 1.29 is 17.1 Å². The van der Waals surface area contributed by atoms with Crippen molar-refractivity contribution in [3.05, 3.63) is 114 Å². The summed E-state index contributed by atoms with van der Waals surface area (Å²) in [6.07, 6.45) is 20.9. The number of rotatable bonds is 8. The van der Waals surface area contributed by atoms with Gasteiger partial charge in [0.2, 0.25) is 0 Å². The Kier molecular flexibility index (Phi) is 10.5. The summed E-state index contributed by atoms with van der Waals surface area (Å²) in [4.78, 5) is 9.89. The van der Waals surface area contributed by atoms with Crippen molar-refractivity contribution >= 4 is 30.4 Å². The normalized spacial score (nSPS) is 33.7. The van der Waals surface area contributed by atoms with Crippen molar-refractivity contribution in [3.63, 3.8) is 0 Å². The minimum absolute atomic E-state index is 0. The van der Waals surface area contributed by atoms with Crippen molar-refractivity contribution in [1.82, 2.24) is 9.97 Å². The van der Waals surface area contributed by atoms with Gasteiger partial charge in [0.15, 0.2) is 0 Å². The van der Waals surface area contributed by atoms with Crippen molar-refractivity contribution in [1.29, 1.82) is 0 Å². The molecular weight excluding hydrogens is 714 g/mol. The second-order valence-electron chi connectivity index (χ2n) is 18.6. The molecule has 0 spiro atoms. The molecule has 8 saturated carbocycles. The molecule has 8 bridgehead atoms. The second kappa shape index (κ2) is 14.7. The van der Waals surface area contributed by atoms with Gasteiger partial charge in [-0.2, -0.15) is 32.7 Å². The zero-order chi connectivity index (χ0) is 34.0. The maximum atomic E-state index is 4.95. The molecule has 2 aromatic carbocycles. The Morgan fingerprint density at radius 2 is 1.14 bits per heavy atom. The third kappa shape index (κ3) is 6.91. The maximum Gasteiger partial charge on any atom is 0.0270 e. The molecule has 1 unspecified atom stereocenters. The van der Waals surface area contributed by atoms with Gasteiger partial charge >= 0.3 is 0 Å². The van der Waals surface area contributed by atoms with E-state index in [2.05, 4.69) is 95.6 Å². The summed E-state index contributed by atoms with van der Waals surface area (Å²) in [6, 6.07) is 28.7. The Bertz CT molecular complexity index is 1590. The molecule has 0 N–H and O–H groups in total. The van der Waals surface area contributed by atoms with Crippen LogP contribution in [0.2, 0.25) is 19.6 Å². The van der Waals surface area contributed by atoms with E-state index in [4.69, 9.17) is 9.97 Å². The number of pyridine rings is 2. The molecule has 6 heteroatoms. The first-order chi connectivity index (χ1) is 24.2. The van der Waals surface area contributed by atoms with Gasteiger partial charge in [-0.05, 0) is 147 Å². The average molecular weight is 773 g/mol. The molecule has 2 nitrogen and oxygen atoms in total. The first-order valence-corrected chi connectivity index (χ1v) is 25.8. The third-order valence-corrected chi connectivity index (χ3v) is 21.4. The molecular formula is C45H58FeN2P2Si-6. The summed E-state index contributed by atoms with van der Waals surface area (Å²) in [5.74, 6) is 8.36. The molecule has 0 aliphatic heterocycles. The Morgan fingerprint density at radius 1 is 0.686 bits per heavy atom. The van der Waals surface area contributed by atoms with Gasteiger partial charge in [0.05, 0.1) is 0 Å². The van der Waals surface area contributed by atoms with Crippen molar-refractivity contribution in [2.24, 2.45) is 47.3 Å². The number of aromatic nitrogens is 2. The van der Waals surface area contributed by atoms with Crippen LogP contribution >= 0.6 is 17.2 Å². The van der Waals surface area contributed by atoms with Gasteiger partial charge < -0.3 is 29.3 Å². The molecule has 8 fully saturated rings. The number of hydrogen-bond donors (Lipinski definition) is 0. The second-order valence-corrected chi connectivity index (χ2v) is 27.1. The van der Waals surface area contributed by atoms with Crippen LogP contribution in [0.3, 0.4) is 0 Å². The van der Waals surface area contributed by atoms with Gasteiger partial charge in [0.25, 0.3) is 0 Å². The van der Waals surface area contributed by atoms with E-state index in [0.29, 0.717) is 0 Å². The molecule has 8 aliphatic carbocycles. The summed E-state index contributed by atoms with van der Waals surface area (Å²) in [5.41, 5.74) is 7.25. The van der Waals surface area contributed by atoms with E-state index in [9.17, 15) is 0 Å². The molecule has 2 heterocycles. The van der Waals surface area contributed by atoms with Crippen molar-refractivity contribution in [2.75, 3.05) is 0 Å². The number of nitrogens with zero attached hydrogens (tertiary/aromatic N) is 2. The summed E-state index contributed by atoms with van der Waals surface area (Å²) in [5, 5.41) is 1.14. The standard InChI is InChI=1S/C37H45N2P2.C8H13Si.Fe/c40-37(33-8-1-3-10-38-33,34-9-2-4-11-39-34)32-7-5-6-27(32)22-41(35-28-14-23-12-24(16-28)17-29(35)15-23)36-30-18-25-13-26(20-30)21-31(36)19-25;1-9(2,3)8-6-4-5-7-8;/h1-11,23-26,28-31,35-36H,12-22,40H2;4-7H,1-3H3;/q-5;-1;. The molecule has 0 amide bonds. The fourth-order valence-corrected chi connectivity index (χ4v) is 19.4. The molecule has 1 atom stereocenters. The van der Waals surface area contributed by atoms with Crippen LogP contribution in [-0.2, 0) is 28.4 Å². The third-order valence-electron chi connectivity index (χ3n) is 14.5. The molecule has 0 saturated heterocycles. The van der Waals surface area contributed by atoms with Crippen LogP contribution in [0, 0.1) is 47.3 Å². The van der Waals surface area contributed by atoms with Gasteiger partial charge in [-0.1, -0.05) is 36.9 Å². The molecule has 0 radical (unpaired) electrons. The molecule has 4 aromatic rings. The van der Waals surface area contributed by atoms with Gasteiger partial charge in [0, 0.05) is 48.9 Å². The summed E-state index contributed by atoms with van der Waals surface area (Å²) < 4.78 is 0. The van der Waals surface area contributed by atoms with Crippen LogP contribution < -0.4 is 5.19 Å². The van der Waals surface area contributed by atoms with E-state index in [1.807, 2.05) is 24.5 Å². The molecule has 51 heavy (non-hydrogen) atoms. The zero-order valence-electron chi connectivity index (χ0n) is 31.0. The first kappa shape index (κ1) is 36.6. The predicted molar refractivity (Wildman–Crippen MR) is 217 cm³/mol. The summed E-state index contributed by atoms with van der Waals surface area (Å²) in [6.45, 7) is 7.09. The van der Waals surface area contributed by atoms with E-state index < -0.39 is 13.2 Å². The first-order valence-electron chi connectivity index (χ1n) is 20.1. The van der Waals surface area contributed by atoms with Crippen LogP contribution in [0.25, 0.3) is 0 Å².